The zero-order valence-electron chi connectivity index (χ0n) is 11.3. The summed E-state index contributed by atoms with van der Waals surface area (Å²) in [5.74, 6) is -1.31. The number of nitrogens with one attached hydrogen (secondary N) is 1. The van der Waals surface area contributed by atoms with E-state index in [1.165, 1.54) is 38.3 Å². The summed E-state index contributed by atoms with van der Waals surface area (Å²) in [5.41, 5.74) is 3.91. The standard InChI is InChI=1S/C13H17FN2O4/c1-13(8-19-2,12(15)18)16-11(17)7-20-10-5-3-9(14)4-6-10/h3-6H,7-8H2,1-2H3,(H2,15,18)(H,16,17)/t13-/m1/s1. The number of primary amides is 1. The third kappa shape index (κ3) is 4.51. The van der Waals surface area contributed by atoms with Crippen LogP contribution in [0, 0.1) is 5.82 Å². The lowest BCUT2D eigenvalue weighted by molar-refractivity contribution is -0.134. The van der Waals surface area contributed by atoms with E-state index in [1.807, 2.05) is 0 Å². The van der Waals surface area contributed by atoms with Gasteiger partial charge in [-0.05, 0) is 31.2 Å². The van der Waals surface area contributed by atoms with Crippen molar-refractivity contribution in [3.8, 4) is 5.75 Å². The smallest absolute Gasteiger partial charge is 0.258 e. The fraction of sp³-hybridized carbons (Fsp3) is 0.385. The Morgan fingerprint density at radius 3 is 2.45 bits per heavy atom. The summed E-state index contributed by atoms with van der Waals surface area (Å²) in [7, 11) is 1.39. The van der Waals surface area contributed by atoms with Gasteiger partial charge >= 0.3 is 0 Å². The minimum atomic E-state index is -1.31. The topological polar surface area (TPSA) is 90.7 Å². The number of carbonyl (C=O) groups excluding carboxylic acids is 2. The fourth-order valence-electron chi connectivity index (χ4n) is 1.48. The molecule has 0 spiro atoms. The van der Waals surface area contributed by atoms with Crippen LogP contribution in [0.1, 0.15) is 6.92 Å². The van der Waals surface area contributed by atoms with Gasteiger partial charge < -0.3 is 20.5 Å². The molecule has 0 radical (unpaired) electrons. The van der Waals surface area contributed by atoms with E-state index in [-0.39, 0.29) is 13.2 Å². The normalized spacial score (nSPS) is 13.3. The average Bonchev–Trinajstić information content (AvgIpc) is 2.38. The summed E-state index contributed by atoms with van der Waals surface area (Å²) < 4.78 is 22.7. The molecule has 0 aromatic heterocycles. The molecule has 0 saturated carbocycles. The van der Waals surface area contributed by atoms with Crippen molar-refractivity contribution in [3.63, 3.8) is 0 Å². The molecule has 0 heterocycles. The highest BCUT2D eigenvalue weighted by atomic mass is 19.1. The molecule has 0 aliphatic rings. The fourth-order valence-corrected chi connectivity index (χ4v) is 1.48. The lowest BCUT2D eigenvalue weighted by atomic mass is 10.0. The molecule has 1 aromatic rings. The first kappa shape index (κ1) is 15.9. The minimum Gasteiger partial charge on any atom is -0.484 e. The predicted octanol–water partition coefficient (Wildman–Crippen LogP) is 0.211. The Bertz CT molecular complexity index is 478. The molecule has 3 N–H and O–H groups in total. The van der Waals surface area contributed by atoms with E-state index < -0.39 is 23.2 Å². The van der Waals surface area contributed by atoms with Crippen LogP contribution in [-0.2, 0) is 14.3 Å². The van der Waals surface area contributed by atoms with E-state index in [1.54, 1.807) is 0 Å². The van der Waals surface area contributed by atoms with Crippen LogP contribution in [0.2, 0.25) is 0 Å². The maximum Gasteiger partial charge on any atom is 0.258 e. The van der Waals surface area contributed by atoms with Gasteiger partial charge in [-0.2, -0.15) is 0 Å². The lowest BCUT2D eigenvalue weighted by Crippen LogP contribution is -2.59. The number of benzene rings is 1. The van der Waals surface area contributed by atoms with Gasteiger partial charge in [0, 0.05) is 7.11 Å². The summed E-state index contributed by atoms with van der Waals surface area (Å²) in [4.78, 5) is 23.0. The van der Waals surface area contributed by atoms with E-state index in [9.17, 15) is 14.0 Å². The number of nitrogens with two attached hydrogens (primary N) is 1. The van der Waals surface area contributed by atoms with Crippen molar-refractivity contribution >= 4 is 11.8 Å². The summed E-state index contributed by atoms with van der Waals surface area (Å²) in [6, 6.07) is 5.22. The van der Waals surface area contributed by atoms with Crippen LogP contribution in [-0.4, -0.2) is 37.7 Å². The molecule has 110 valence electrons. The second-order valence-electron chi connectivity index (χ2n) is 4.42. The molecular formula is C13H17FN2O4. The van der Waals surface area contributed by atoms with Crippen molar-refractivity contribution < 1.29 is 23.5 Å². The van der Waals surface area contributed by atoms with E-state index in [2.05, 4.69) is 5.32 Å². The Morgan fingerprint density at radius 1 is 1.35 bits per heavy atom. The van der Waals surface area contributed by atoms with Gasteiger partial charge in [-0.1, -0.05) is 0 Å². The third-order valence-electron chi connectivity index (χ3n) is 2.58. The SMILES string of the molecule is COC[C@@](C)(NC(=O)COc1ccc(F)cc1)C(N)=O. The summed E-state index contributed by atoms with van der Waals surface area (Å²) in [6.07, 6.45) is 0. The first-order valence-corrected chi connectivity index (χ1v) is 5.85. The molecule has 0 unspecified atom stereocenters. The van der Waals surface area contributed by atoms with Crippen LogP contribution < -0.4 is 15.8 Å². The number of carbonyl (C=O) groups is 2. The highest BCUT2D eigenvalue weighted by molar-refractivity contribution is 5.90. The largest absolute Gasteiger partial charge is 0.484 e. The molecule has 0 aliphatic carbocycles. The zero-order chi connectivity index (χ0) is 15.2. The van der Waals surface area contributed by atoms with Gasteiger partial charge in [-0.15, -0.1) is 0 Å². The minimum absolute atomic E-state index is 0.0510. The van der Waals surface area contributed by atoms with Crippen molar-refractivity contribution in [2.75, 3.05) is 20.3 Å². The number of hydrogen-bond acceptors (Lipinski definition) is 4. The van der Waals surface area contributed by atoms with Gasteiger partial charge in [-0.25, -0.2) is 4.39 Å². The number of rotatable bonds is 7. The van der Waals surface area contributed by atoms with E-state index >= 15 is 0 Å². The van der Waals surface area contributed by atoms with Crippen molar-refractivity contribution in [1.29, 1.82) is 0 Å². The highest BCUT2D eigenvalue weighted by Crippen LogP contribution is 2.11. The second-order valence-corrected chi connectivity index (χ2v) is 4.42. The van der Waals surface area contributed by atoms with Gasteiger partial charge in [0.2, 0.25) is 5.91 Å². The molecule has 6 nitrogen and oxygen atoms in total. The van der Waals surface area contributed by atoms with Crippen molar-refractivity contribution in [2.45, 2.75) is 12.5 Å². The summed E-state index contributed by atoms with van der Waals surface area (Å²) >= 11 is 0. The number of amides is 2. The van der Waals surface area contributed by atoms with Gasteiger partial charge in [0.15, 0.2) is 6.61 Å². The molecule has 2 amide bonds. The lowest BCUT2D eigenvalue weighted by Gasteiger charge is -2.26. The maximum absolute atomic E-state index is 12.7. The van der Waals surface area contributed by atoms with Crippen molar-refractivity contribution in [3.05, 3.63) is 30.1 Å². The average molecular weight is 284 g/mol. The van der Waals surface area contributed by atoms with Gasteiger partial charge in [0.1, 0.15) is 17.1 Å². The van der Waals surface area contributed by atoms with Crippen LogP contribution in [0.25, 0.3) is 0 Å². The molecule has 0 bridgehead atoms. The maximum atomic E-state index is 12.7. The Hall–Kier alpha value is -2.15. The number of hydrogen-bond donors (Lipinski definition) is 2. The number of ether oxygens (including phenoxy) is 2. The number of halogens is 1. The van der Waals surface area contributed by atoms with E-state index in [4.69, 9.17) is 15.2 Å². The Morgan fingerprint density at radius 2 is 1.95 bits per heavy atom. The van der Waals surface area contributed by atoms with Gasteiger partial charge in [0.05, 0.1) is 6.61 Å². The van der Waals surface area contributed by atoms with Crippen LogP contribution in [0.5, 0.6) is 5.75 Å². The monoisotopic (exact) mass is 284 g/mol. The molecule has 0 saturated heterocycles. The Labute approximate surface area is 116 Å². The quantitative estimate of drug-likeness (QED) is 0.749. The number of methoxy groups -OCH3 is 1. The molecule has 1 atom stereocenters. The highest BCUT2D eigenvalue weighted by Gasteiger charge is 2.33. The molecule has 1 aromatic carbocycles. The molecule has 0 aliphatic heterocycles. The van der Waals surface area contributed by atoms with Crippen LogP contribution in [0.4, 0.5) is 4.39 Å². The first-order valence-electron chi connectivity index (χ1n) is 5.85. The Balaban J connectivity index is 2.54. The Kier molecular flexibility index (Phi) is 5.45. The van der Waals surface area contributed by atoms with E-state index in [0.717, 1.165) is 0 Å². The van der Waals surface area contributed by atoms with Crippen molar-refractivity contribution in [2.24, 2.45) is 5.73 Å². The molecule has 20 heavy (non-hydrogen) atoms. The molecular weight excluding hydrogens is 267 g/mol. The van der Waals surface area contributed by atoms with Crippen LogP contribution in [0.15, 0.2) is 24.3 Å². The van der Waals surface area contributed by atoms with E-state index in [0.29, 0.717) is 5.75 Å². The zero-order valence-corrected chi connectivity index (χ0v) is 11.3. The van der Waals surface area contributed by atoms with Crippen LogP contribution >= 0.6 is 0 Å². The van der Waals surface area contributed by atoms with Crippen LogP contribution in [0.3, 0.4) is 0 Å². The first-order chi connectivity index (χ1) is 9.37. The summed E-state index contributed by atoms with van der Waals surface area (Å²) in [5, 5.41) is 2.44. The van der Waals surface area contributed by atoms with Gasteiger partial charge in [0.25, 0.3) is 5.91 Å². The second kappa shape index (κ2) is 6.85. The molecule has 1 rings (SSSR count). The van der Waals surface area contributed by atoms with Crippen molar-refractivity contribution in [1.82, 2.24) is 5.32 Å². The summed E-state index contributed by atoms with van der Waals surface area (Å²) in [6.45, 7) is 1.08. The third-order valence-corrected chi connectivity index (χ3v) is 2.58. The van der Waals surface area contributed by atoms with Gasteiger partial charge in [-0.3, -0.25) is 9.59 Å². The predicted molar refractivity (Wildman–Crippen MR) is 69.5 cm³/mol. The molecule has 0 fully saturated rings. The molecule has 7 heteroatoms.